The molecule has 5 rings (SSSR count). The molecule has 0 saturated heterocycles. The van der Waals surface area contributed by atoms with Crippen LogP contribution < -0.4 is 4.74 Å². The lowest BCUT2D eigenvalue weighted by Crippen LogP contribution is -2.39. The molecule has 0 fully saturated rings. The van der Waals surface area contributed by atoms with Gasteiger partial charge in [0, 0.05) is 51.2 Å². The monoisotopic (exact) mass is 641 g/mol. The zero-order valence-corrected chi connectivity index (χ0v) is 29.7. The first-order valence-electron chi connectivity index (χ1n) is 16.0. The second-order valence-electron chi connectivity index (χ2n) is 14.2. The first kappa shape index (κ1) is 33.3. The topological polar surface area (TPSA) is 91.6 Å². The van der Waals surface area contributed by atoms with E-state index in [0.717, 1.165) is 56.4 Å². The van der Waals surface area contributed by atoms with Gasteiger partial charge >= 0.3 is 6.09 Å². The molecule has 0 unspecified atom stereocenters. The number of aromatic nitrogens is 4. The number of fused-ring (bicyclic) bond motifs is 1. The minimum absolute atomic E-state index is 0.289. The maximum atomic E-state index is 12.5. The molecular formula is C36H47N5O4Si. The van der Waals surface area contributed by atoms with E-state index in [1.807, 2.05) is 49.8 Å². The fourth-order valence-corrected chi connectivity index (χ4v) is 6.13. The lowest BCUT2D eigenvalue weighted by Gasteiger charge is -2.29. The van der Waals surface area contributed by atoms with E-state index in [0.29, 0.717) is 38.6 Å². The van der Waals surface area contributed by atoms with Crippen molar-refractivity contribution in [1.29, 1.82) is 0 Å². The van der Waals surface area contributed by atoms with E-state index in [-0.39, 0.29) is 6.09 Å². The Hall–Kier alpha value is -4.02. The number of benzene rings is 1. The summed E-state index contributed by atoms with van der Waals surface area (Å²) in [6.07, 6.45) is 4.33. The number of carbonyl (C=O) groups is 1. The molecule has 4 aromatic rings. The lowest BCUT2D eigenvalue weighted by atomic mass is 9.99. The van der Waals surface area contributed by atoms with Gasteiger partial charge in [0.2, 0.25) is 0 Å². The molecule has 10 heteroatoms. The summed E-state index contributed by atoms with van der Waals surface area (Å²) in [6.45, 7) is 19.0. The first-order chi connectivity index (χ1) is 21.7. The van der Waals surface area contributed by atoms with Crippen LogP contribution in [0.4, 0.5) is 4.79 Å². The molecule has 1 amide bonds. The van der Waals surface area contributed by atoms with Gasteiger partial charge in [0.05, 0.1) is 18.3 Å². The van der Waals surface area contributed by atoms with Gasteiger partial charge in [-0.1, -0.05) is 43.9 Å². The molecule has 3 aromatic heterocycles. The third kappa shape index (κ3) is 7.67. The molecule has 0 N–H and O–H groups in total. The number of pyridine rings is 2. The molecule has 1 aliphatic heterocycles. The van der Waals surface area contributed by atoms with E-state index < -0.39 is 13.7 Å². The molecule has 0 radical (unpaired) electrons. The Labute approximate surface area is 273 Å². The molecule has 0 atom stereocenters. The molecule has 244 valence electrons. The van der Waals surface area contributed by atoms with Crippen LogP contribution in [0.15, 0.2) is 48.7 Å². The van der Waals surface area contributed by atoms with Crippen molar-refractivity contribution in [3.63, 3.8) is 0 Å². The van der Waals surface area contributed by atoms with Crippen LogP contribution in [0.1, 0.15) is 44.0 Å². The highest BCUT2D eigenvalue weighted by molar-refractivity contribution is 6.76. The Morgan fingerprint density at radius 1 is 1.07 bits per heavy atom. The number of carbonyl (C=O) groups excluding carboxylic acids is 1. The number of nitrogens with zero attached hydrogens (tertiary/aromatic N) is 5. The Kier molecular flexibility index (Phi) is 9.69. The molecule has 1 aromatic carbocycles. The van der Waals surface area contributed by atoms with Crippen molar-refractivity contribution in [3.05, 3.63) is 65.5 Å². The largest absolute Gasteiger partial charge is 0.494 e. The molecule has 0 spiro atoms. The van der Waals surface area contributed by atoms with Crippen LogP contribution in [0.3, 0.4) is 0 Å². The third-order valence-electron chi connectivity index (χ3n) is 8.21. The van der Waals surface area contributed by atoms with Crippen LogP contribution in [-0.4, -0.2) is 71.2 Å². The van der Waals surface area contributed by atoms with E-state index >= 15 is 0 Å². The SMILES string of the molecule is COc1cc2c(nc1-c1cccc(C)c1C)c(-c1ccc(C3=CCN(C(=O)OC(C)(C)C)CC3)nc1)nn2COCC[Si](C)(C)C. The summed E-state index contributed by atoms with van der Waals surface area (Å²) in [5.74, 6) is 0.689. The molecule has 0 saturated carbocycles. The highest BCUT2D eigenvalue weighted by atomic mass is 28.3. The van der Waals surface area contributed by atoms with Crippen molar-refractivity contribution in [2.75, 3.05) is 26.8 Å². The maximum Gasteiger partial charge on any atom is 0.410 e. The standard InChI is InChI=1S/C36H47N5O4Si/c1-24-11-10-12-28(25(24)2)33-31(43-6)21-30-34(38-33)32(39-41(30)23-44-19-20-46(7,8)9)27-13-14-29(37-22-27)26-15-17-40(18-16-26)35(42)45-36(3,4)5/h10-15,21-22H,16-20,23H2,1-9H3. The van der Waals surface area contributed by atoms with Crippen LogP contribution in [0.5, 0.6) is 5.75 Å². The van der Waals surface area contributed by atoms with Gasteiger partial charge in [-0.2, -0.15) is 5.10 Å². The summed E-state index contributed by atoms with van der Waals surface area (Å²) < 4.78 is 19.4. The summed E-state index contributed by atoms with van der Waals surface area (Å²) in [4.78, 5) is 24.3. The van der Waals surface area contributed by atoms with Crippen molar-refractivity contribution in [1.82, 2.24) is 24.6 Å². The number of amides is 1. The van der Waals surface area contributed by atoms with Crippen molar-refractivity contribution >= 4 is 30.8 Å². The van der Waals surface area contributed by atoms with E-state index in [1.54, 1.807) is 12.0 Å². The Morgan fingerprint density at radius 3 is 2.48 bits per heavy atom. The number of methoxy groups -OCH3 is 1. The van der Waals surface area contributed by atoms with Gasteiger partial charge in [0.25, 0.3) is 0 Å². The van der Waals surface area contributed by atoms with Gasteiger partial charge in [0.1, 0.15) is 35.0 Å². The van der Waals surface area contributed by atoms with Crippen molar-refractivity contribution in [3.8, 4) is 28.3 Å². The Balaban J connectivity index is 1.49. The summed E-state index contributed by atoms with van der Waals surface area (Å²) in [5.41, 5.74) is 8.86. The highest BCUT2D eigenvalue weighted by Gasteiger charge is 2.25. The highest BCUT2D eigenvalue weighted by Crippen LogP contribution is 2.37. The van der Waals surface area contributed by atoms with Crippen LogP contribution >= 0.6 is 0 Å². The quantitative estimate of drug-likeness (QED) is 0.135. The Bertz CT molecular complexity index is 1750. The zero-order chi connectivity index (χ0) is 33.2. The number of hydrogen-bond donors (Lipinski definition) is 0. The zero-order valence-electron chi connectivity index (χ0n) is 28.7. The van der Waals surface area contributed by atoms with E-state index in [9.17, 15) is 4.79 Å². The predicted molar refractivity (Wildman–Crippen MR) is 187 cm³/mol. The summed E-state index contributed by atoms with van der Waals surface area (Å²) in [5, 5.41) is 5.02. The van der Waals surface area contributed by atoms with Crippen LogP contribution in [0.2, 0.25) is 25.7 Å². The minimum Gasteiger partial charge on any atom is -0.494 e. The fourth-order valence-electron chi connectivity index (χ4n) is 5.37. The second kappa shape index (κ2) is 13.4. The molecule has 46 heavy (non-hydrogen) atoms. The number of rotatable bonds is 9. The van der Waals surface area contributed by atoms with Gasteiger partial charge in [-0.15, -0.1) is 0 Å². The minimum atomic E-state index is -1.23. The van der Waals surface area contributed by atoms with Gasteiger partial charge in [-0.05, 0) is 75.9 Å². The van der Waals surface area contributed by atoms with E-state index in [1.165, 1.54) is 5.56 Å². The lowest BCUT2D eigenvalue weighted by molar-refractivity contribution is 0.0270. The van der Waals surface area contributed by atoms with Crippen molar-refractivity contribution in [2.24, 2.45) is 0 Å². The van der Waals surface area contributed by atoms with Crippen LogP contribution in [0.25, 0.3) is 39.1 Å². The molecule has 0 bridgehead atoms. The number of aryl methyl sites for hydroxylation is 1. The second-order valence-corrected chi connectivity index (χ2v) is 19.8. The molecular weight excluding hydrogens is 595 g/mol. The smallest absolute Gasteiger partial charge is 0.410 e. The van der Waals surface area contributed by atoms with Gasteiger partial charge < -0.3 is 19.1 Å². The maximum absolute atomic E-state index is 12.5. The van der Waals surface area contributed by atoms with Crippen molar-refractivity contribution in [2.45, 2.75) is 79.1 Å². The van der Waals surface area contributed by atoms with Gasteiger partial charge in [0.15, 0.2) is 0 Å². The first-order valence-corrected chi connectivity index (χ1v) is 19.7. The molecule has 9 nitrogen and oxygen atoms in total. The summed E-state index contributed by atoms with van der Waals surface area (Å²) in [7, 11) is 0.449. The fraction of sp³-hybridized carbons (Fsp3) is 0.444. The summed E-state index contributed by atoms with van der Waals surface area (Å²) in [6, 6.07) is 13.4. The van der Waals surface area contributed by atoms with Crippen molar-refractivity contribution < 1.29 is 19.0 Å². The molecule has 0 aliphatic carbocycles. The number of ether oxygens (including phenoxy) is 3. The normalized spacial score (nSPS) is 14.0. The third-order valence-corrected chi connectivity index (χ3v) is 9.91. The van der Waals surface area contributed by atoms with Crippen LogP contribution in [0, 0.1) is 13.8 Å². The van der Waals surface area contributed by atoms with Gasteiger partial charge in [-0.3, -0.25) is 4.98 Å². The summed E-state index contributed by atoms with van der Waals surface area (Å²) >= 11 is 0. The van der Waals surface area contributed by atoms with Crippen LogP contribution in [-0.2, 0) is 16.2 Å². The average molecular weight is 642 g/mol. The van der Waals surface area contributed by atoms with Gasteiger partial charge in [-0.25, -0.2) is 14.5 Å². The predicted octanol–water partition coefficient (Wildman–Crippen LogP) is 8.12. The molecule has 4 heterocycles. The number of hydrogen-bond acceptors (Lipinski definition) is 7. The van der Waals surface area contributed by atoms with E-state index in [4.69, 9.17) is 29.3 Å². The molecule has 1 aliphatic rings. The Morgan fingerprint density at radius 2 is 1.85 bits per heavy atom. The van der Waals surface area contributed by atoms with E-state index in [2.05, 4.69) is 57.8 Å². The average Bonchev–Trinajstić information content (AvgIpc) is 3.36.